The fourth-order valence-corrected chi connectivity index (χ4v) is 3.53. The van der Waals surface area contributed by atoms with Gasteiger partial charge in [-0.25, -0.2) is 0 Å². The molecule has 2 bridgehead atoms. The summed E-state index contributed by atoms with van der Waals surface area (Å²) in [4.78, 5) is 11.4. The van der Waals surface area contributed by atoms with Gasteiger partial charge in [0.05, 0.1) is 11.5 Å². The van der Waals surface area contributed by atoms with E-state index in [9.17, 15) is 23.1 Å². The molecule has 1 saturated carbocycles. The standard InChI is InChI=1S/C15H13F3O2/c16-15(17,18)11-3-1-2-10(7-11)14-5-4-9(8-14)6-12(14)13(19)20/h1-5,7,9,12H,6,8H2,(H,19,20). The first-order chi connectivity index (χ1) is 9.33. The monoisotopic (exact) mass is 282 g/mol. The second-order valence-corrected chi connectivity index (χ2v) is 5.57. The summed E-state index contributed by atoms with van der Waals surface area (Å²) in [7, 11) is 0. The number of hydrogen-bond donors (Lipinski definition) is 1. The molecular formula is C15H13F3O2. The van der Waals surface area contributed by atoms with Crippen LogP contribution in [0.5, 0.6) is 0 Å². The van der Waals surface area contributed by atoms with E-state index in [1.54, 1.807) is 12.1 Å². The molecule has 20 heavy (non-hydrogen) atoms. The molecule has 1 N–H and O–H groups in total. The molecule has 2 aliphatic carbocycles. The lowest BCUT2D eigenvalue weighted by Crippen LogP contribution is -2.33. The molecule has 1 aromatic rings. The van der Waals surface area contributed by atoms with Crippen molar-refractivity contribution in [1.82, 2.24) is 0 Å². The van der Waals surface area contributed by atoms with Crippen molar-refractivity contribution in [3.8, 4) is 0 Å². The van der Waals surface area contributed by atoms with Gasteiger partial charge in [0.1, 0.15) is 0 Å². The summed E-state index contributed by atoms with van der Waals surface area (Å²) in [5.41, 5.74) is -1.05. The number of allylic oxidation sites excluding steroid dienone is 2. The maximum atomic E-state index is 12.8. The number of alkyl halides is 3. The van der Waals surface area contributed by atoms with Crippen LogP contribution < -0.4 is 0 Å². The highest BCUT2D eigenvalue weighted by atomic mass is 19.4. The number of rotatable bonds is 2. The van der Waals surface area contributed by atoms with Gasteiger partial charge in [0.15, 0.2) is 0 Å². The normalized spacial score (nSPS) is 31.8. The molecule has 0 saturated heterocycles. The maximum Gasteiger partial charge on any atom is 0.416 e. The zero-order chi connectivity index (χ0) is 14.5. The van der Waals surface area contributed by atoms with Crippen LogP contribution in [0.15, 0.2) is 36.4 Å². The van der Waals surface area contributed by atoms with Crippen LogP contribution in [0.2, 0.25) is 0 Å². The second-order valence-electron chi connectivity index (χ2n) is 5.57. The van der Waals surface area contributed by atoms with Gasteiger partial charge >= 0.3 is 12.1 Å². The lowest BCUT2D eigenvalue weighted by atomic mass is 9.72. The van der Waals surface area contributed by atoms with Crippen LogP contribution in [0.1, 0.15) is 24.0 Å². The molecule has 0 heterocycles. The number of fused-ring (bicyclic) bond motifs is 2. The molecule has 0 amide bonds. The van der Waals surface area contributed by atoms with Crippen molar-refractivity contribution < 1.29 is 23.1 Å². The Morgan fingerprint density at radius 1 is 1.35 bits per heavy atom. The van der Waals surface area contributed by atoms with Crippen LogP contribution in [0.25, 0.3) is 0 Å². The number of benzene rings is 1. The predicted octanol–water partition coefficient (Wildman–Crippen LogP) is 3.62. The lowest BCUT2D eigenvalue weighted by molar-refractivity contribution is -0.143. The quantitative estimate of drug-likeness (QED) is 0.841. The van der Waals surface area contributed by atoms with Crippen molar-refractivity contribution in [1.29, 1.82) is 0 Å². The molecule has 1 fully saturated rings. The van der Waals surface area contributed by atoms with Gasteiger partial charge in [-0.15, -0.1) is 0 Å². The number of hydrogen-bond acceptors (Lipinski definition) is 1. The minimum absolute atomic E-state index is 0.158. The fraction of sp³-hybridized carbons (Fsp3) is 0.400. The summed E-state index contributed by atoms with van der Waals surface area (Å²) in [6.45, 7) is 0. The van der Waals surface area contributed by atoms with E-state index in [0.29, 0.717) is 18.4 Å². The molecule has 0 spiro atoms. The third kappa shape index (κ3) is 1.84. The molecule has 0 aromatic heterocycles. The van der Waals surface area contributed by atoms with Crippen molar-refractivity contribution in [2.24, 2.45) is 11.8 Å². The zero-order valence-corrected chi connectivity index (χ0v) is 10.5. The smallest absolute Gasteiger partial charge is 0.416 e. The molecule has 3 unspecified atom stereocenters. The van der Waals surface area contributed by atoms with Crippen LogP contribution in [0, 0.1) is 11.8 Å². The topological polar surface area (TPSA) is 37.3 Å². The van der Waals surface area contributed by atoms with Crippen LogP contribution in [0.4, 0.5) is 13.2 Å². The van der Waals surface area contributed by atoms with E-state index in [4.69, 9.17) is 0 Å². The first kappa shape index (κ1) is 13.2. The Balaban J connectivity index is 2.08. The number of aliphatic carboxylic acids is 1. The van der Waals surface area contributed by atoms with E-state index in [0.717, 1.165) is 12.1 Å². The molecule has 3 rings (SSSR count). The van der Waals surface area contributed by atoms with Gasteiger partial charge in [-0.05, 0) is 30.4 Å². The fourth-order valence-electron chi connectivity index (χ4n) is 3.53. The molecule has 3 atom stereocenters. The molecule has 0 aliphatic heterocycles. The highest BCUT2D eigenvalue weighted by molar-refractivity contribution is 5.75. The summed E-state index contributed by atoms with van der Waals surface area (Å²) < 4.78 is 38.4. The minimum Gasteiger partial charge on any atom is -0.481 e. The molecule has 0 radical (unpaired) electrons. The lowest BCUT2D eigenvalue weighted by Gasteiger charge is -2.30. The van der Waals surface area contributed by atoms with E-state index in [-0.39, 0.29) is 5.92 Å². The number of carboxylic acids is 1. The second kappa shape index (κ2) is 4.11. The molecule has 1 aromatic carbocycles. The van der Waals surface area contributed by atoms with Crippen molar-refractivity contribution in [3.63, 3.8) is 0 Å². The third-order valence-corrected chi connectivity index (χ3v) is 4.45. The SMILES string of the molecule is O=C(O)C1CC2C=CC1(c1cccc(C(F)(F)F)c1)C2. The molecule has 5 heteroatoms. The van der Waals surface area contributed by atoms with Gasteiger partial charge in [0.2, 0.25) is 0 Å². The summed E-state index contributed by atoms with van der Waals surface area (Å²) in [6, 6.07) is 5.06. The summed E-state index contributed by atoms with van der Waals surface area (Å²) in [5.74, 6) is -1.42. The van der Waals surface area contributed by atoms with Gasteiger partial charge in [0.25, 0.3) is 0 Å². The Morgan fingerprint density at radius 3 is 2.70 bits per heavy atom. The zero-order valence-electron chi connectivity index (χ0n) is 10.5. The molecule has 106 valence electrons. The van der Waals surface area contributed by atoms with Gasteiger partial charge < -0.3 is 5.11 Å². The average molecular weight is 282 g/mol. The van der Waals surface area contributed by atoms with Crippen LogP contribution in [-0.4, -0.2) is 11.1 Å². The van der Waals surface area contributed by atoms with Gasteiger partial charge in [-0.2, -0.15) is 13.2 Å². The Labute approximate surface area is 113 Å². The van der Waals surface area contributed by atoms with Crippen molar-refractivity contribution in [2.45, 2.75) is 24.4 Å². The Hall–Kier alpha value is -1.78. The Kier molecular flexibility index (Phi) is 2.71. The average Bonchev–Trinajstić information content (AvgIpc) is 2.97. The summed E-state index contributed by atoms with van der Waals surface area (Å²) in [6.07, 6.45) is 0.397. The van der Waals surface area contributed by atoms with Gasteiger partial charge in [-0.1, -0.05) is 30.4 Å². The summed E-state index contributed by atoms with van der Waals surface area (Å²) in [5, 5.41) is 9.33. The van der Waals surface area contributed by atoms with Gasteiger partial charge in [0, 0.05) is 5.41 Å². The number of halogens is 3. The van der Waals surface area contributed by atoms with Crippen molar-refractivity contribution >= 4 is 5.97 Å². The Morgan fingerprint density at radius 2 is 2.10 bits per heavy atom. The molecule has 2 nitrogen and oxygen atoms in total. The highest BCUT2D eigenvalue weighted by Crippen LogP contribution is 2.55. The first-order valence-corrected chi connectivity index (χ1v) is 6.43. The van der Waals surface area contributed by atoms with Crippen molar-refractivity contribution in [3.05, 3.63) is 47.5 Å². The highest BCUT2D eigenvalue weighted by Gasteiger charge is 2.53. The maximum absolute atomic E-state index is 12.8. The summed E-state index contributed by atoms with van der Waals surface area (Å²) >= 11 is 0. The predicted molar refractivity (Wildman–Crippen MR) is 66.1 cm³/mol. The third-order valence-electron chi connectivity index (χ3n) is 4.45. The van der Waals surface area contributed by atoms with Crippen LogP contribution in [-0.2, 0) is 16.4 Å². The number of carbonyl (C=O) groups is 1. The van der Waals surface area contributed by atoms with E-state index in [1.807, 2.05) is 6.08 Å². The largest absolute Gasteiger partial charge is 0.481 e. The van der Waals surface area contributed by atoms with E-state index in [1.165, 1.54) is 6.07 Å². The molecule has 2 aliphatic rings. The molecular weight excluding hydrogens is 269 g/mol. The van der Waals surface area contributed by atoms with E-state index >= 15 is 0 Å². The Bertz CT molecular complexity index is 591. The van der Waals surface area contributed by atoms with Gasteiger partial charge in [-0.3, -0.25) is 4.79 Å². The first-order valence-electron chi connectivity index (χ1n) is 6.43. The van der Waals surface area contributed by atoms with E-state index < -0.39 is 29.0 Å². The number of carboxylic acid groups (broad SMARTS) is 1. The minimum atomic E-state index is -4.41. The van der Waals surface area contributed by atoms with Crippen LogP contribution in [0.3, 0.4) is 0 Å². The van der Waals surface area contributed by atoms with E-state index in [2.05, 4.69) is 0 Å². The van der Waals surface area contributed by atoms with Crippen molar-refractivity contribution in [2.75, 3.05) is 0 Å². The van der Waals surface area contributed by atoms with Crippen LogP contribution >= 0.6 is 0 Å².